The van der Waals surface area contributed by atoms with Gasteiger partial charge in [0, 0.05) is 17.8 Å². The molecule has 2 heterocycles. The van der Waals surface area contributed by atoms with E-state index in [9.17, 15) is 27.6 Å². The summed E-state index contributed by atoms with van der Waals surface area (Å²) < 4.78 is 41.3. The first-order chi connectivity index (χ1) is 17.1. The van der Waals surface area contributed by atoms with Gasteiger partial charge in [-0.3, -0.25) is 14.5 Å². The lowest BCUT2D eigenvalue weighted by Crippen LogP contribution is -2.39. The maximum absolute atomic E-state index is 13.5. The second-order valence-electron chi connectivity index (χ2n) is 8.55. The fourth-order valence-corrected chi connectivity index (χ4v) is 4.43. The minimum atomic E-state index is -4.86. The number of pyridine rings is 1. The van der Waals surface area contributed by atoms with Gasteiger partial charge in [-0.25, -0.2) is 14.7 Å². The average molecular weight is 496 g/mol. The highest BCUT2D eigenvalue weighted by Crippen LogP contribution is 2.55. The van der Waals surface area contributed by atoms with Gasteiger partial charge in [-0.1, -0.05) is 25.1 Å². The minimum absolute atomic E-state index is 0.118. The fraction of sp³-hybridized carbons (Fsp3) is 0.200. The van der Waals surface area contributed by atoms with Crippen molar-refractivity contribution in [2.45, 2.75) is 25.2 Å². The van der Waals surface area contributed by atoms with Crippen molar-refractivity contribution in [1.29, 1.82) is 0 Å². The number of anilines is 3. The maximum atomic E-state index is 13.5. The predicted octanol–water partition coefficient (Wildman–Crippen LogP) is 4.98. The Labute approximate surface area is 203 Å². The number of imide groups is 1. The van der Waals surface area contributed by atoms with Crippen LogP contribution in [0.5, 0.6) is 5.75 Å². The van der Waals surface area contributed by atoms with Crippen LogP contribution in [0, 0.1) is 5.92 Å². The van der Waals surface area contributed by atoms with E-state index in [2.05, 4.69) is 15.0 Å². The van der Waals surface area contributed by atoms with Crippen molar-refractivity contribution < 1.29 is 32.3 Å². The Morgan fingerprint density at radius 3 is 2.33 bits per heavy atom. The van der Waals surface area contributed by atoms with Crippen LogP contribution in [-0.4, -0.2) is 34.7 Å². The van der Waals surface area contributed by atoms with E-state index in [4.69, 9.17) is 0 Å². The van der Waals surface area contributed by atoms with Crippen molar-refractivity contribution >= 4 is 35.0 Å². The number of halogens is 3. The molecule has 0 bridgehead atoms. The van der Waals surface area contributed by atoms with Crippen LogP contribution < -0.4 is 19.9 Å². The monoisotopic (exact) mass is 496 g/mol. The normalized spacial score (nSPS) is 21.2. The number of rotatable bonds is 5. The van der Waals surface area contributed by atoms with Gasteiger partial charge in [0.05, 0.1) is 11.4 Å². The van der Waals surface area contributed by atoms with Gasteiger partial charge in [-0.05, 0) is 54.8 Å². The first-order valence-electron chi connectivity index (χ1n) is 11.0. The molecule has 2 unspecified atom stereocenters. The van der Waals surface area contributed by atoms with E-state index in [0.29, 0.717) is 17.7 Å². The molecule has 1 N–H and O–H groups in total. The zero-order valence-corrected chi connectivity index (χ0v) is 18.8. The molecule has 1 saturated heterocycles. The van der Waals surface area contributed by atoms with Crippen molar-refractivity contribution in [3.8, 4) is 5.75 Å². The van der Waals surface area contributed by atoms with Gasteiger partial charge in [-0.2, -0.15) is 0 Å². The van der Waals surface area contributed by atoms with Crippen LogP contribution in [0.4, 0.5) is 35.2 Å². The molecule has 0 radical (unpaired) electrons. The molecule has 1 aliphatic carbocycles. The Bertz CT molecular complexity index is 1350. The third kappa shape index (κ3) is 4.02. The van der Waals surface area contributed by atoms with E-state index in [1.54, 1.807) is 36.4 Å². The molecule has 2 aromatic carbocycles. The number of benzene rings is 2. The molecule has 1 aliphatic heterocycles. The number of hydrogen-bond donors (Lipinski definition) is 1. The second kappa shape index (κ2) is 8.36. The Balaban J connectivity index is 1.43. The van der Waals surface area contributed by atoms with Crippen LogP contribution in [0.1, 0.15) is 23.7 Å². The Hall–Kier alpha value is -4.41. The number of nitrogens with zero attached hydrogens (tertiary/aromatic N) is 3. The van der Waals surface area contributed by atoms with Gasteiger partial charge >= 0.3 is 12.4 Å². The van der Waals surface area contributed by atoms with Crippen molar-refractivity contribution in [2.24, 2.45) is 5.92 Å². The quantitative estimate of drug-likeness (QED) is 0.503. The summed E-state index contributed by atoms with van der Waals surface area (Å²) in [5, 5.41) is 2.68. The van der Waals surface area contributed by atoms with E-state index < -0.39 is 29.6 Å². The summed E-state index contributed by atoms with van der Waals surface area (Å²) in [6.07, 6.45) is -3.03. The molecule has 8 nitrogen and oxygen atoms in total. The third-order valence-corrected chi connectivity index (χ3v) is 6.24. The highest BCUT2D eigenvalue weighted by Gasteiger charge is 2.70. The molecular weight excluding hydrogens is 477 g/mol. The van der Waals surface area contributed by atoms with Crippen LogP contribution >= 0.6 is 0 Å². The largest absolute Gasteiger partial charge is 0.573 e. The molecule has 2 fully saturated rings. The summed E-state index contributed by atoms with van der Waals surface area (Å²) in [5.41, 5.74) is -0.225. The van der Waals surface area contributed by atoms with Crippen molar-refractivity contribution in [3.05, 3.63) is 78.5 Å². The number of amides is 4. The number of urea groups is 1. The van der Waals surface area contributed by atoms with Gasteiger partial charge in [0.25, 0.3) is 11.8 Å². The Kier molecular flexibility index (Phi) is 5.42. The minimum Gasteiger partial charge on any atom is -0.406 e. The highest BCUT2D eigenvalue weighted by atomic mass is 19.4. The summed E-state index contributed by atoms with van der Waals surface area (Å²) in [4.78, 5) is 45.9. The molecule has 1 spiro atoms. The number of alkyl halides is 3. The topological polar surface area (TPSA) is 91.8 Å². The van der Waals surface area contributed by atoms with E-state index in [1.807, 2.05) is 6.92 Å². The van der Waals surface area contributed by atoms with Gasteiger partial charge in [-0.15, -0.1) is 13.2 Å². The molecule has 4 amide bonds. The maximum Gasteiger partial charge on any atom is 0.573 e. The molecule has 5 rings (SSSR count). The molecule has 3 aromatic rings. The number of hydrogen-bond acceptors (Lipinski definition) is 5. The first kappa shape index (κ1) is 23.3. The number of nitrogens with one attached hydrogen (secondary N) is 1. The van der Waals surface area contributed by atoms with Crippen LogP contribution in [0.2, 0.25) is 0 Å². The molecule has 1 saturated carbocycles. The van der Waals surface area contributed by atoms with E-state index >= 15 is 0 Å². The number of aromatic nitrogens is 1. The zero-order chi connectivity index (χ0) is 25.7. The van der Waals surface area contributed by atoms with Crippen LogP contribution in [0.15, 0.2) is 72.9 Å². The van der Waals surface area contributed by atoms with Crippen LogP contribution in [-0.2, 0) is 4.79 Å². The first-order valence-corrected chi connectivity index (χ1v) is 11.0. The zero-order valence-electron chi connectivity index (χ0n) is 18.8. The van der Waals surface area contributed by atoms with Crippen LogP contribution in [0.3, 0.4) is 0 Å². The second-order valence-corrected chi connectivity index (χ2v) is 8.55. The predicted molar refractivity (Wildman–Crippen MR) is 124 cm³/mol. The van der Waals surface area contributed by atoms with E-state index in [0.717, 1.165) is 17.0 Å². The summed E-state index contributed by atoms with van der Waals surface area (Å²) >= 11 is 0. The third-order valence-electron chi connectivity index (χ3n) is 6.24. The number of ether oxygens (including phenoxy) is 1. The Morgan fingerprint density at radius 2 is 1.72 bits per heavy atom. The highest BCUT2D eigenvalue weighted by molar-refractivity contribution is 6.32. The molecular formula is C25H19F3N4O4. The molecule has 2 atom stereocenters. The van der Waals surface area contributed by atoms with Gasteiger partial charge in [0.1, 0.15) is 17.1 Å². The molecule has 184 valence electrons. The fourth-order valence-electron chi connectivity index (χ4n) is 4.43. The SMILES string of the molecule is CC1CC12C(=O)N(c1ccc(OC(F)(F)F)cc1)C(=O)N2c1ccnc(NC(=O)c2ccccc2)c1. The van der Waals surface area contributed by atoms with Gasteiger partial charge in [0.2, 0.25) is 0 Å². The number of carbonyl (C=O) groups excluding carboxylic acids is 3. The van der Waals surface area contributed by atoms with Crippen molar-refractivity contribution in [3.63, 3.8) is 0 Å². The summed E-state index contributed by atoms with van der Waals surface area (Å²) in [5.74, 6) is -1.29. The lowest BCUT2D eigenvalue weighted by atomic mass is 10.1. The van der Waals surface area contributed by atoms with Crippen molar-refractivity contribution in [2.75, 3.05) is 15.1 Å². The van der Waals surface area contributed by atoms with Crippen molar-refractivity contribution in [1.82, 2.24) is 4.98 Å². The van der Waals surface area contributed by atoms with E-state index in [1.165, 1.54) is 29.3 Å². The molecule has 36 heavy (non-hydrogen) atoms. The van der Waals surface area contributed by atoms with E-state index in [-0.39, 0.29) is 23.3 Å². The van der Waals surface area contributed by atoms with Crippen LogP contribution in [0.25, 0.3) is 0 Å². The molecule has 2 aliphatic rings. The smallest absolute Gasteiger partial charge is 0.406 e. The number of carbonyl (C=O) groups is 3. The summed E-state index contributed by atoms with van der Waals surface area (Å²) in [7, 11) is 0. The summed E-state index contributed by atoms with van der Waals surface area (Å²) in [6.45, 7) is 1.83. The molecule has 11 heteroatoms. The van der Waals surface area contributed by atoms with Gasteiger partial charge < -0.3 is 10.1 Å². The standard InChI is InChI=1S/C25H19F3N4O4/c1-15-14-24(15)22(34)31(17-7-9-19(10-8-17)36-25(26,27)28)23(35)32(24)18-11-12-29-20(13-18)30-21(33)16-5-3-2-4-6-16/h2-13,15H,14H2,1H3,(H,29,30,33). The lowest BCUT2D eigenvalue weighted by Gasteiger charge is -2.22. The Morgan fingerprint density at radius 1 is 1.06 bits per heavy atom. The lowest BCUT2D eigenvalue weighted by molar-refractivity contribution is -0.274. The molecule has 1 aromatic heterocycles. The van der Waals surface area contributed by atoms with Gasteiger partial charge in [0.15, 0.2) is 0 Å². The summed E-state index contributed by atoms with van der Waals surface area (Å²) in [6, 6.07) is 15.4. The average Bonchev–Trinajstić information content (AvgIpc) is 3.45.